The van der Waals surface area contributed by atoms with E-state index in [-0.39, 0.29) is 16.3 Å². The molecule has 1 heterocycles. The first kappa shape index (κ1) is 20.6. The molecule has 3 rings (SSSR count). The lowest BCUT2D eigenvalue weighted by molar-refractivity contribution is -0.143. The zero-order valence-electron chi connectivity index (χ0n) is 15.4. The summed E-state index contributed by atoms with van der Waals surface area (Å²) in [5, 5.41) is 6.06. The first-order valence-corrected chi connectivity index (χ1v) is 10.2. The lowest BCUT2D eigenvalue weighted by Gasteiger charge is -2.13. The van der Waals surface area contributed by atoms with E-state index in [1.165, 1.54) is 36.4 Å². The molecule has 1 amide bonds. The standard InChI is InChI=1S/C19H16F3N3O3S/c1-12-5-3-7-14(9-12)25-17(19(20,21)22)16(11-23-25)18(26)24-13-6-4-8-15(10-13)29(2,27)28/h3-11H,1-2H3,(H,24,26). The van der Waals surface area contributed by atoms with Gasteiger partial charge in [-0.05, 0) is 42.8 Å². The Hall–Kier alpha value is -3.14. The number of nitrogens with one attached hydrogen (secondary N) is 1. The van der Waals surface area contributed by atoms with Crippen LogP contribution in [0.25, 0.3) is 5.69 Å². The molecular weight excluding hydrogens is 407 g/mol. The number of alkyl halides is 3. The highest BCUT2D eigenvalue weighted by Crippen LogP contribution is 2.34. The topological polar surface area (TPSA) is 81.1 Å². The molecule has 0 unspecified atom stereocenters. The molecule has 1 N–H and O–H groups in total. The van der Waals surface area contributed by atoms with Crippen LogP contribution in [-0.4, -0.2) is 30.4 Å². The third-order valence-corrected chi connectivity index (χ3v) is 5.16. The van der Waals surface area contributed by atoms with Crippen LogP contribution in [0.3, 0.4) is 0 Å². The molecular formula is C19H16F3N3O3S. The van der Waals surface area contributed by atoms with E-state index in [4.69, 9.17) is 0 Å². The lowest BCUT2D eigenvalue weighted by atomic mass is 10.2. The molecule has 0 fully saturated rings. The fourth-order valence-corrected chi connectivity index (χ4v) is 3.41. The summed E-state index contributed by atoms with van der Waals surface area (Å²) in [5.41, 5.74) is -0.955. The van der Waals surface area contributed by atoms with Gasteiger partial charge in [0.15, 0.2) is 15.5 Å². The first-order chi connectivity index (χ1) is 13.5. The number of halogens is 3. The third kappa shape index (κ3) is 4.48. The molecule has 0 aliphatic heterocycles. The van der Waals surface area contributed by atoms with Crippen LogP contribution in [0.1, 0.15) is 21.6 Å². The smallest absolute Gasteiger partial charge is 0.322 e. The van der Waals surface area contributed by atoms with Crippen LogP contribution < -0.4 is 5.32 Å². The number of hydrogen-bond donors (Lipinski definition) is 1. The van der Waals surface area contributed by atoms with Gasteiger partial charge >= 0.3 is 6.18 Å². The fourth-order valence-electron chi connectivity index (χ4n) is 2.75. The molecule has 0 aliphatic rings. The maximum Gasteiger partial charge on any atom is 0.434 e. The molecule has 0 atom stereocenters. The molecule has 3 aromatic rings. The van der Waals surface area contributed by atoms with Crippen LogP contribution in [0, 0.1) is 6.92 Å². The van der Waals surface area contributed by atoms with Gasteiger partial charge in [-0.3, -0.25) is 4.79 Å². The van der Waals surface area contributed by atoms with Crippen molar-refractivity contribution in [2.24, 2.45) is 0 Å². The number of anilines is 1. The highest BCUT2D eigenvalue weighted by Gasteiger charge is 2.40. The Balaban J connectivity index is 2.02. The average molecular weight is 423 g/mol. The van der Waals surface area contributed by atoms with E-state index in [1.54, 1.807) is 19.1 Å². The van der Waals surface area contributed by atoms with Crippen molar-refractivity contribution in [1.29, 1.82) is 0 Å². The summed E-state index contributed by atoms with van der Waals surface area (Å²) in [6.45, 7) is 1.72. The van der Waals surface area contributed by atoms with Crippen molar-refractivity contribution in [2.75, 3.05) is 11.6 Å². The number of aromatic nitrogens is 2. The Kier molecular flexibility index (Phi) is 5.22. The van der Waals surface area contributed by atoms with Crippen molar-refractivity contribution >= 4 is 21.4 Å². The second-order valence-electron chi connectivity index (χ2n) is 6.41. The van der Waals surface area contributed by atoms with E-state index in [2.05, 4.69) is 10.4 Å². The summed E-state index contributed by atoms with van der Waals surface area (Å²) in [6, 6.07) is 11.5. The number of hydrogen-bond acceptors (Lipinski definition) is 4. The molecule has 152 valence electrons. The molecule has 0 saturated heterocycles. The van der Waals surface area contributed by atoms with E-state index >= 15 is 0 Å². The summed E-state index contributed by atoms with van der Waals surface area (Å²) in [7, 11) is -3.54. The van der Waals surface area contributed by atoms with Gasteiger partial charge in [0.1, 0.15) is 0 Å². The zero-order valence-corrected chi connectivity index (χ0v) is 16.2. The Morgan fingerprint density at radius 1 is 1.10 bits per heavy atom. The normalized spacial score (nSPS) is 12.0. The lowest BCUT2D eigenvalue weighted by Crippen LogP contribution is -2.20. The molecule has 29 heavy (non-hydrogen) atoms. The van der Waals surface area contributed by atoms with Gasteiger partial charge in [-0.15, -0.1) is 0 Å². The van der Waals surface area contributed by atoms with Crippen LogP contribution >= 0.6 is 0 Å². The molecule has 0 spiro atoms. The zero-order chi connectivity index (χ0) is 21.4. The SMILES string of the molecule is Cc1cccc(-n2ncc(C(=O)Nc3cccc(S(C)(=O)=O)c3)c2C(F)(F)F)c1. The van der Waals surface area contributed by atoms with Crippen LogP contribution in [0.15, 0.2) is 59.6 Å². The first-order valence-electron chi connectivity index (χ1n) is 8.30. The minimum absolute atomic E-state index is 0.0503. The number of amides is 1. The second kappa shape index (κ2) is 7.36. The van der Waals surface area contributed by atoms with E-state index in [9.17, 15) is 26.4 Å². The molecule has 2 aromatic carbocycles. The molecule has 0 aliphatic carbocycles. The van der Waals surface area contributed by atoms with Gasteiger partial charge in [-0.2, -0.15) is 18.3 Å². The summed E-state index contributed by atoms with van der Waals surface area (Å²) < 4.78 is 65.1. The molecule has 0 saturated carbocycles. The van der Waals surface area contributed by atoms with Crippen LogP contribution in [0.4, 0.5) is 18.9 Å². The third-order valence-electron chi connectivity index (χ3n) is 4.05. The van der Waals surface area contributed by atoms with Gasteiger partial charge < -0.3 is 5.32 Å². The van der Waals surface area contributed by atoms with Crippen LogP contribution in [-0.2, 0) is 16.0 Å². The predicted molar refractivity (Wildman–Crippen MR) is 101 cm³/mol. The van der Waals surface area contributed by atoms with Crippen molar-refractivity contribution < 1.29 is 26.4 Å². The number of benzene rings is 2. The second-order valence-corrected chi connectivity index (χ2v) is 8.43. The van der Waals surface area contributed by atoms with Gasteiger partial charge in [0, 0.05) is 11.9 Å². The molecule has 0 radical (unpaired) electrons. The number of nitrogens with zero attached hydrogens (tertiary/aromatic N) is 2. The van der Waals surface area contributed by atoms with Gasteiger partial charge in [-0.1, -0.05) is 18.2 Å². The average Bonchev–Trinajstić information content (AvgIpc) is 3.07. The van der Waals surface area contributed by atoms with Gasteiger partial charge in [-0.25, -0.2) is 13.1 Å². The number of sulfone groups is 1. The molecule has 10 heteroatoms. The van der Waals surface area contributed by atoms with Crippen molar-refractivity contribution in [3.8, 4) is 5.69 Å². The Bertz CT molecular complexity index is 1180. The van der Waals surface area contributed by atoms with Crippen LogP contribution in [0.2, 0.25) is 0 Å². The Labute approximate surface area is 164 Å². The van der Waals surface area contributed by atoms with Crippen LogP contribution in [0.5, 0.6) is 0 Å². The quantitative estimate of drug-likeness (QED) is 0.691. The minimum Gasteiger partial charge on any atom is -0.322 e. The Morgan fingerprint density at radius 3 is 2.41 bits per heavy atom. The van der Waals surface area contributed by atoms with E-state index in [0.29, 0.717) is 4.68 Å². The summed E-state index contributed by atoms with van der Waals surface area (Å²) in [5.74, 6) is -1.05. The largest absolute Gasteiger partial charge is 0.434 e. The highest BCUT2D eigenvalue weighted by molar-refractivity contribution is 7.90. The summed E-state index contributed by atoms with van der Waals surface area (Å²) >= 11 is 0. The molecule has 1 aromatic heterocycles. The van der Waals surface area contributed by atoms with Gasteiger partial charge in [0.25, 0.3) is 5.91 Å². The monoisotopic (exact) mass is 423 g/mol. The maximum absolute atomic E-state index is 13.7. The summed E-state index contributed by atoms with van der Waals surface area (Å²) in [4.78, 5) is 12.5. The molecule has 0 bridgehead atoms. The Morgan fingerprint density at radius 2 is 1.79 bits per heavy atom. The highest BCUT2D eigenvalue weighted by atomic mass is 32.2. The number of aryl methyl sites for hydroxylation is 1. The number of carbonyl (C=O) groups is 1. The number of carbonyl (C=O) groups excluding carboxylic acids is 1. The maximum atomic E-state index is 13.7. The van der Waals surface area contributed by atoms with Crippen molar-refractivity contribution in [2.45, 2.75) is 18.0 Å². The summed E-state index contributed by atoms with van der Waals surface area (Å²) in [6.07, 6.45) is -3.02. The van der Waals surface area contributed by atoms with Gasteiger partial charge in [0.05, 0.1) is 22.3 Å². The van der Waals surface area contributed by atoms with Crippen molar-refractivity contribution in [1.82, 2.24) is 9.78 Å². The van der Waals surface area contributed by atoms with E-state index < -0.39 is 33.2 Å². The van der Waals surface area contributed by atoms with Crippen molar-refractivity contribution in [3.05, 3.63) is 71.5 Å². The van der Waals surface area contributed by atoms with Gasteiger partial charge in [0.2, 0.25) is 0 Å². The fraction of sp³-hybridized carbons (Fsp3) is 0.158. The van der Waals surface area contributed by atoms with E-state index in [1.807, 2.05) is 0 Å². The minimum atomic E-state index is -4.85. The van der Waals surface area contributed by atoms with E-state index in [0.717, 1.165) is 18.0 Å². The number of rotatable bonds is 4. The van der Waals surface area contributed by atoms with Crippen molar-refractivity contribution in [3.63, 3.8) is 0 Å². The predicted octanol–water partition coefficient (Wildman–Crippen LogP) is 3.86. The molecule has 6 nitrogen and oxygen atoms in total.